The fraction of sp³-hybridized carbons (Fsp3) is 1.00. The first-order valence-corrected chi connectivity index (χ1v) is 4.92. The molecule has 1 aliphatic rings. The maximum absolute atomic E-state index is 5.63. The highest BCUT2D eigenvalue weighted by molar-refractivity contribution is 4.63. The molecule has 1 rings (SSSR count). The second-order valence-electron chi connectivity index (χ2n) is 3.22. The van der Waals surface area contributed by atoms with E-state index in [-0.39, 0.29) is 6.23 Å². The van der Waals surface area contributed by atoms with Crippen molar-refractivity contribution in [1.29, 1.82) is 0 Å². The number of rotatable bonds is 5. The lowest BCUT2D eigenvalue weighted by Gasteiger charge is -2.31. The van der Waals surface area contributed by atoms with Gasteiger partial charge in [0, 0.05) is 19.6 Å². The summed E-state index contributed by atoms with van der Waals surface area (Å²) >= 11 is 0. The fourth-order valence-corrected chi connectivity index (χ4v) is 1.38. The van der Waals surface area contributed by atoms with Crippen LogP contribution >= 0.6 is 0 Å². The molecule has 1 saturated heterocycles. The van der Waals surface area contributed by atoms with Gasteiger partial charge in [-0.25, -0.2) is 0 Å². The van der Waals surface area contributed by atoms with Gasteiger partial charge in [-0.1, -0.05) is 0 Å². The Bertz CT molecular complexity index is 127. The summed E-state index contributed by atoms with van der Waals surface area (Å²) in [5, 5.41) is 3.06. The maximum Gasteiger partial charge on any atom is 0.107 e. The van der Waals surface area contributed by atoms with Gasteiger partial charge in [0.15, 0.2) is 0 Å². The van der Waals surface area contributed by atoms with Gasteiger partial charge in [-0.05, 0) is 14.0 Å². The first-order chi connectivity index (χ1) is 6.34. The van der Waals surface area contributed by atoms with Crippen molar-refractivity contribution in [3.05, 3.63) is 0 Å². The molecular weight excluding hydrogens is 168 g/mol. The summed E-state index contributed by atoms with van der Waals surface area (Å²) in [4.78, 5) is 2.30. The Morgan fingerprint density at radius 3 is 2.77 bits per heavy atom. The van der Waals surface area contributed by atoms with E-state index in [0.717, 1.165) is 39.5 Å². The predicted octanol–water partition coefficient (Wildman–Crippen LogP) is -0.0994. The zero-order valence-corrected chi connectivity index (χ0v) is 8.58. The van der Waals surface area contributed by atoms with Crippen LogP contribution < -0.4 is 5.32 Å². The van der Waals surface area contributed by atoms with E-state index in [1.54, 1.807) is 0 Å². The van der Waals surface area contributed by atoms with Crippen molar-refractivity contribution in [2.75, 3.05) is 46.5 Å². The number of morpholine rings is 1. The number of nitrogens with one attached hydrogen (secondary N) is 1. The van der Waals surface area contributed by atoms with Crippen LogP contribution in [0.2, 0.25) is 0 Å². The van der Waals surface area contributed by atoms with E-state index in [1.807, 2.05) is 7.05 Å². The van der Waals surface area contributed by atoms with Crippen molar-refractivity contribution in [3.63, 3.8) is 0 Å². The summed E-state index contributed by atoms with van der Waals surface area (Å²) in [6.07, 6.45) is 0.220. The Morgan fingerprint density at radius 2 is 2.15 bits per heavy atom. The van der Waals surface area contributed by atoms with Crippen LogP contribution in [0.5, 0.6) is 0 Å². The summed E-state index contributed by atoms with van der Waals surface area (Å²) in [7, 11) is 1.93. The molecular formula is C9H20N2O2. The first kappa shape index (κ1) is 10.9. The molecule has 0 saturated carbocycles. The molecule has 1 N–H and O–H groups in total. The second kappa shape index (κ2) is 6.32. The predicted molar refractivity (Wildman–Crippen MR) is 51.7 cm³/mol. The molecule has 13 heavy (non-hydrogen) atoms. The summed E-state index contributed by atoms with van der Waals surface area (Å²) in [6.45, 7) is 7.42. The highest BCUT2D eigenvalue weighted by Gasteiger charge is 2.16. The lowest BCUT2D eigenvalue weighted by Crippen LogP contribution is -2.43. The topological polar surface area (TPSA) is 33.7 Å². The van der Waals surface area contributed by atoms with Gasteiger partial charge in [0.2, 0.25) is 0 Å². The summed E-state index contributed by atoms with van der Waals surface area (Å²) in [5.41, 5.74) is 0. The largest absolute Gasteiger partial charge is 0.379 e. The summed E-state index contributed by atoms with van der Waals surface area (Å²) in [5.74, 6) is 0. The first-order valence-electron chi connectivity index (χ1n) is 4.92. The van der Waals surface area contributed by atoms with Gasteiger partial charge >= 0.3 is 0 Å². The molecule has 0 aromatic heterocycles. The van der Waals surface area contributed by atoms with Crippen LogP contribution in [0.25, 0.3) is 0 Å². The molecule has 78 valence electrons. The Morgan fingerprint density at radius 1 is 1.46 bits per heavy atom. The zero-order chi connectivity index (χ0) is 9.52. The molecule has 0 aromatic carbocycles. The lowest BCUT2D eigenvalue weighted by molar-refractivity contribution is -0.0852. The van der Waals surface area contributed by atoms with Crippen LogP contribution in [-0.4, -0.2) is 57.6 Å². The second-order valence-corrected chi connectivity index (χ2v) is 3.22. The normalized spacial score (nSPS) is 21.7. The molecule has 0 aromatic rings. The van der Waals surface area contributed by atoms with E-state index >= 15 is 0 Å². The third kappa shape index (κ3) is 4.04. The van der Waals surface area contributed by atoms with Crippen LogP contribution in [0.4, 0.5) is 0 Å². The minimum absolute atomic E-state index is 0.220. The van der Waals surface area contributed by atoms with Crippen LogP contribution in [-0.2, 0) is 9.47 Å². The van der Waals surface area contributed by atoms with Crippen molar-refractivity contribution >= 4 is 0 Å². The standard InChI is InChI=1S/C9H20N2O2/c1-9(13-6-3-10-2)11-4-7-12-8-5-11/h9-10H,3-8H2,1-2H3. The van der Waals surface area contributed by atoms with E-state index in [2.05, 4.69) is 17.1 Å². The van der Waals surface area contributed by atoms with Gasteiger partial charge in [0.1, 0.15) is 6.23 Å². The monoisotopic (exact) mass is 188 g/mol. The molecule has 0 bridgehead atoms. The van der Waals surface area contributed by atoms with Gasteiger partial charge in [-0.15, -0.1) is 0 Å². The van der Waals surface area contributed by atoms with Gasteiger partial charge in [-0.2, -0.15) is 0 Å². The van der Waals surface area contributed by atoms with Crippen LogP contribution in [0.3, 0.4) is 0 Å². The molecule has 0 amide bonds. The Labute approximate surface area is 80.2 Å². The van der Waals surface area contributed by atoms with Crippen molar-refractivity contribution in [2.45, 2.75) is 13.2 Å². The van der Waals surface area contributed by atoms with Crippen LogP contribution in [0.1, 0.15) is 6.92 Å². The maximum atomic E-state index is 5.63. The molecule has 0 radical (unpaired) electrons. The van der Waals surface area contributed by atoms with Gasteiger partial charge in [0.25, 0.3) is 0 Å². The van der Waals surface area contributed by atoms with Crippen molar-refractivity contribution in [2.24, 2.45) is 0 Å². The van der Waals surface area contributed by atoms with Gasteiger partial charge in [-0.3, -0.25) is 4.90 Å². The van der Waals surface area contributed by atoms with Crippen molar-refractivity contribution in [1.82, 2.24) is 10.2 Å². The molecule has 1 heterocycles. The molecule has 1 unspecified atom stereocenters. The molecule has 1 aliphatic heterocycles. The quantitative estimate of drug-likeness (QED) is 0.611. The Balaban J connectivity index is 2.09. The third-order valence-corrected chi connectivity index (χ3v) is 2.27. The van der Waals surface area contributed by atoms with Crippen LogP contribution in [0, 0.1) is 0 Å². The lowest BCUT2D eigenvalue weighted by atomic mass is 10.4. The van der Waals surface area contributed by atoms with Crippen LogP contribution in [0.15, 0.2) is 0 Å². The van der Waals surface area contributed by atoms with Crippen molar-refractivity contribution < 1.29 is 9.47 Å². The van der Waals surface area contributed by atoms with E-state index in [4.69, 9.17) is 9.47 Å². The van der Waals surface area contributed by atoms with E-state index in [1.165, 1.54) is 0 Å². The van der Waals surface area contributed by atoms with Crippen molar-refractivity contribution in [3.8, 4) is 0 Å². The van der Waals surface area contributed by atoms with Gasteiger partial charge in [0.05, 0.1) is 19.8 Å². The number of hydrogen-bond acceptors (Lipinski definition) is 4. The third-order valence-electron chi connectivity index (χ3n) is 2.27. The minimum atomic E-state index is 0.220. The molecule has 4 heteroatoms. The van der Waals surface area contributed by atoms with E-state index < -0.39 is 0 Å². The zero-order valence-electron chi connectivity index (χ0n) is 8.58. The average molecular weight is 188 g/mol. The van der Waals surface area contributed by atoms with Gasteiger partial charge < -0.3 is 14.8 Å². The molecule has 4 nitrogen and oxygen atoms in total. The minimum Gasteiger partial charge on any atom is -0.379 e. The summed E-state index contributed by atoms with van der Waals surface area (Å²) < 4.78 is 10.9. The van der Waals surface area contributed by atoms with E-state index in [0.29, 0.717) is 0 Å². The summed E-state index contributed by atoms with van der Waals surface area (Å²) in [6, 6.07) is 0. The van der Waals surface area contributed by atoms with E-state index in [9.17, 15) is 0 Å². The Hall–Kier alpha value is -0.160. The SMILES string of the molecule is CNCCOC(C)N1CCOCC1. The molecule has 0 aliphatic carbocycles. The average Bonchev–Trinajstić information content (AvgIpc) is 2.19. The fourth-order valence-electron chi connectivity index (χ4n) is 1.38. The highest BCUT2D eigenvalue weighted by atomic mass is 16.5. The molecule has 1 atom stereocenters. The highest BCUT2D eigenvalue weighted by Crippen LogP contribution is 2.03. The Kier molecular flexibility index (Phi) is 5.31. The molecule has 0 spiro atoms. The molecule has 1 fully saturated rings. The number of likely N-dealkylation sites (N-methyl/N-ethyl adjacent to an activating group) is 1. The smallest absolute Gasteiger partial charge is 0.107 e. The number of ether oxygens (including phenoxy) is 2. The number of nitrogens with zero attached hydrogens (tertiary/aromatic N) is 1. The number of hydrogen-bond donors (Lipinski definition) is 1.